The molecule has 552 valence electrons. The first kappa shape index (κ1) is 91.1. The number of carbonyl (C=O) groups is 4. The number of phosphoric acid groups is 2. The number of unbranched alkanes of at least 4 members (excludes halogenated alkanes) is 37. The van der Waals surface area contributed by atoms with Gasteiger partial charge in [0.2, 0.25) is 0 Å². The molecular formula is C74H144O17P2. The van der Waals surface area contributed by atoms with Crippen LogP contribution in [0.4, 0.5) is 0 Å². The highest BCUT2D eigenvalue weighted by atomic mass is 31.2. The van der Waals surface area contributed by atoms with Crippen LogP contribution in [-0.2, 0) is 65.4 Å². The standard InChI is InChI=1S/C74H144O17P2/c1-64(2)50-42-34-26-19-15-13-11-9-10-12-14-16-21-30-38-46-54-71(76)84-61-70(91-74(79)57-49-41-33-25-29-37-45-53-67(7)8)63-89-93(82,83)87-59-68(75)58-86-92(80,81)88-62-69(60-85-72(77)55-47-39-31-24-23-28-36-44-52-66(5)6)90-73(78)56-48-40-32-22-18-17-20-27-35-43-51-65(3)4/h64-70,75H,9-63H2,1-8H3,(H,80,81)(H,82,83)/t68?,69-,70-/m1/s1. The van der Waals surface area contributed by atoms with Crippen molar-refractivity contribution in [2.24, 2.45) is 23.7 Å². The van der Waals surface area contributed by atoms with Crippen molar-refractivity contribution in [3.05, 3.63) is 0 Å². The lowest BCUT2D eigenvalue weighted by Crippen LogP contribution is -2.30. The largest absolute Gasteiger partial charge is 0.472 e. The summed E-state index contributed by atoms with van der Waals surface area (Å²) >= 11 is 0. The van der Waals surface area contributed by atoms with Crippen LogP contribution in [0.1, 0.15) is 370 Å². The van der Waals surface area contributed by atoms with E-state index in [0.717, 1.165) is 108 Å². The molecular weight excluding hydrogens is 1220 g/mol. The summed E-state index contributed by atoms with van der Waals surface area (Å²) in [6.07, 6.45) is 47.4. The molecule has 0 aromatic heterocycles. The van der Waals surface area contributed by atoms with Gasteiger partial charge in [-0.25, -0.2) is 9.13 Å². The zero-order valence-electron chi connectivity index (χ0n) is 60.9. The maximum atomic E-state index is 13.0. The van der Waals surface area contributed by atoms with Crippen LogP contribution < -0.4 is 0 Å². The van der Waals surface area contributed by atoms with E-state index in [9.17, 15) is 43.2 Å². The van der Waals surface area contributed by atoms with Gasteiger partial charge in [0.1, 0.15) is 19.3 Å². The molecule has 0 aromatic rings. The number of ether oxygens (including phenoxy) is 4. The monoisotopic (exact) mass is 1370 g/mol. The van der Waals surface area contributed by atoms with Gasteiger partial charge in [0, 0.05) is 25.7 Å². The number of hydrogen-bond acceptors (Lipinski definition) is 15. The van der Waals surface area contributed by atoms with Gasteiger partial charge in [-0.1, -0.05) is 319 Å². The second kappa shape index (κ2) is 63.5. The number of phosphoric ester groups is 2. The van der Waals surface area contributed by atoms with Crippen LogP contribution in [-0.4, -0.2) is 96.7 Å². The van der Waals surface area contributed by atoms with Gasteiger partial charge < -0.3 is 33.8 Å². The highest BCUT2D eigenvalue weighted by Gasteiger charge is 2.30. The maximum Gasteiger partial charge on any atom is 0.472 e. The van der Waals surface area contributed by atoms with E-state index in [4.69, 9.17) is 37.0 Å². The Bertz CT molecular complexity index is 1830. The molecule has 0 aliphatic carbocycles. The first-order chi connectivity index (χ1) is 44.6. The fraction of sp³-hybridized carbons (Fsp3) is 0.946. The normalized spacial score (nSPS) is 14.2. The third-order valence-electron chi connectivity index (χ3n) is 17.1. The van der Waals surface area contributed by atoms with E-state index in [-0.39, 0.29) is 25.7 Å². The van der Waals surface area contributed by atoms with Crippen molar-refractivity contribution in [3.8, 4) is 0 Å². The number of aliphatic hydroxyl groups is 1. The summed E-state index contributed by atoms with van der Waals surface area (Å²) in [5, 5.41) is 10.6. The molecule has 5 atom stereocenters. The summed E-state index contributed by atoms with van der Waals surface area (Å²) in [5.74, 6) is 0.860. The van der Waals surface area contributed by atoms with Crippen molar-refractivity contribution in [1.82, 2.24) is 0 Å². The molecule has 0 aromatic carbocycles. The van der Waals surface area contributed by atoms with Crippen molar-refractivity contribution in [2.45, 2.75) is 388 Å². The number of hydrogen-bond donors (Lipinski definition) is 3. The number of aliphatic hydroxyl groups excluding tert-OH is 1. The molecule has 0 spiro atoms. The van der Waals surface area contributed by atoms with Crippen LogP contribution in [0.25, 0.3) is 0 Å². The highest BCUT2D eigenvalue weighted by Crippen LogP contribution is 2.45. The topological polar surface area (TPSA) is 237 Å². The van der Waals surface area contributed by atoms with Crippen LogP contribution in [0, 0.1) is 23.7 Å². The van der Waals surface area contributed by atoms with Crippen molar-refractivity contribution >= 4 is 39.5 Å². The number of rotatable bonds is 71. The second-order valence-corrected chi connectivity index (χ2v) is 31.5. The molecule has 0 fully saturated rings. The van der Waals surface area contributed by atoms with Crippen molar-refractivity contribution < 1.29 is 80.2 Å². The lowest BCUT2D eigenvalue weighted by atomic mass is 10.0. The molecule has 0 radical (unpaired) electrons. The van der Waals surface area contributed by atoms with Gasteiger partial charge in [-0.2, -0.15) is 0 Å². The van der Waals surface area contributed by atoms with Crippen LogP contribution in [0.5, 0.6) is 0 Å². The minimum absolute atomic E-state index is 0.103. The van der Waals surface area contributed by atoms with E-state index in [1.54, 1.807) is 0 Å². The van der Waals surface area contributed by atoms with Gasteiger partial charge in [-0.3, -0.25) is 37.3 Å². The lowest BCUT2D eigenvalue weighted by Gasteiger charge is -2.21. The van der Waals surface area contributed by atoms with Gasteiger partial charge in [0.15, 0.2) is 12.2 Å². The predicted octanol–water partition coefficient (Wildman–Crippen LogP) is 21.3. The Morgan fingerprint density at radius 2 is 0.452 bits per heavy atom. The summed E-state index contributed by atoms with van der Waals surface area (Å²) in [5.41, 5.74) is 0. The summed E-state index contributed by atoms with van der Waals surface area (Å²) in [6.45, 7) is 14.1. The van der Waals surface area contributed by atoms with Crippen LogP contribution in [0.2, 0.25) is 0 Å². The zero-order valence-corrected chi connectivity index (χ0v) is 62.7. The van der Waals surface area contributed by atoms with Crippen molar-refractivity contribution in [3.63, 3.8) is 0 Å². The summed E-state index contributed by atoms with van der Waals surface area (Å²) < 4.78 is 68.4. The van der Waals surface area contributed by atoms with Crippen LogP contribution in [0.3, 0.4) is 0 Å². The molecule has 0 amide bonds. The molecule has 0 bridgehead atoms. The number of esters is 4. The van der Waals surface area contributed by atoms with E-state index in [0.29, 0.717) is 31.6 Å². The Morgan fingerprint density at radius 1 is 0.269 bits per heavy atom. The van der Waals surface area contributed by atoms with E-state index in [2.05, 4.69) is 55.4 Å². The summed E-state index contributed by atoms with van der Waals surface area (Å²) in [6, 6.07) is 0. The lowest BCUT2D eigenvalue weighted by molar-refractivity contribution is -0.161. The van der Waals surface area contributed by atoms with E-state index in [1.807, 2.05) is 0 Å². The summed E-state index contributed by atoms with van der Waals surface area (Å²) in [4.78, 5) is 72.7. The molecule has 19 heteroatoms. The maximum absolute atomic E-state index is 13.0. The Morgan fingerprint density at radius 3 is 0.667 bits per heavy atom. The second-order valence-electron chi connectivity index (χ2n) is 28.6. The van der Waals surface area contributed by atoms with Gasteiger partial charge in [0.25, 0.3) is 0 Å². The fourth-order valence-electron chi connectivity index (χ4n) is 11.2. The molecule has 0 heterocycles. The number of carbonyl (C=O) groups excluding carboxylic acids is 4. The Labute approximate surface area is 568 Å². The summed E-state index contributed by atoms with van der Waals surface area (Å²) in [7, 11) is -9.91. The average Bonchev–Trinajstić information content (AvgIpc) is 1.71. The molecule has 93 heavy (non-hydrogen) atoms. The fourth-order valence-corrected chi connectivity index (χ4v) is 12.8. The first-order valence-electron chi connectivity index (χ1n) is 38.2. The smallest absolute Gasteiger partial charge is 0.462 e. The molecule has 0 aliphatic rings. The predicted molar refractivity (Wildman–Crippen MR) is 377 cm³/mol. The Kier molecular flexibility index (Phi) is 62.2. The third-order valence-corrected chi connectivity index (χ3v) is 19.0. The quantitative estimate of drug-likeness (QED) is 0.0222. The minimum atomic E-state index is -4.95. The van der Waals surface area contributed by atoms with E-state index in [1.165, 1.54) is 173 Å². The zero-order chi connectivity index (χ0) is 68.9. The molecule has 0 aliphatic heterocycles. The molecule has 3 N–H and O–H groups in total. The Balaban J connectivity index is 5.18. The van der Waals surface area contributed by atoms with Gasteiger partial charge >= 0.3 is 39.5 Å². The first-order valence-corrected chi connectivity index (χ1v) is 41.2. The average molecular weight is 1370 g/mol. The van der Waals surface area contributed by atoms with Crippen molar-refractivity contribution in [1.29, 1.82) is 0 Å². The Hall–Kier alpha value is -1.94. The molecule has 0 saturated heterocycles. The molecule has 17 nitrogen and oxygen atoms in total. The molecule has 3 unspecified atom stereocenters. The molecule has 0 saturated carbocycles. The highest BCUT2D eigenvalue weighted by molar-refractivity contribution is 7.47. The molecule has 0 rings (SSSR count). The third kappa shape index (κ3) is 68.4. The van der Waals surface area contributed by atoms with Crippen LogP contribution in [0.15, 0.2) is 0 Å². The minimum Gasteiger partial charge on any atom is -0.462 e. The van der Waals surface area contributed by atoms with Gasteiger partial charge in [0.05, 0.1) is 26.4 Å². The van der Waals surface area contributed by atoms with Gasteiger partial charge in [-0.05, 0) is 49.4 Å². The van der Waals surface area contributed by atoms with E-state index < -0.39 is 97.5 Å². The SMILES string of the molecule is CC(C)CCCCCCCCCCCCCCCCCCC(=O)OC[C@H](COP(=O)(O)OCC(O)COP(=O)(O)OC[C@@H](COC(=O)CCCCCCCCCCC(C)C)OC(=O)CCCCCCCCCCCCC(C)C)OC(=O)CCCCCCCCCC(C)C. The van der Waals surface area contributed by atoms with Crippen molar-refractivity contribution in [2.75, 3.05) is 39.6 Å². The van der Waals surface area contributed by atoms with Crippen LogP contribution >= 0.6 is 15.6 Å². The van der Waals surface area contributed by atoms with E-state index >= 15 is 0 Å². The van der Waals surface area contributed by atoms with Gasteiger partial charge in [-0.15, -0.1) is 0 Å².